The molecule has 0 bridgehead atoms. The minimum atomic E-state index is -0.565. The quantitative estimate of drug-likeness (QED) is 0.0814. The van der Waals surface area contributed by atoms with Crippen molar-refractivity contribution >= 4 is 5.97 Å². The normalized spacial score (nSPS) is 8.71. The molecule has 0 radical (unpaired) electrons. The number of para-hydroxylation sites is 2. The average Bonchev–Trinajstić information content (AvgIpc) is 2.95. The van der Waals surface area contributed by atoms with Crippen LogP contribution in [0, 0.1) is 25.7 Å². The second-order valence-corrected chi connectivity index (χ2v) is 9.43. The molecule has 0 aliphatic rings. The Bertz CT molecular complexity index is 705. The van der Waals surface area contributed by atoms with Gasteiger partial charge in [0.1, 0.15) is 17.1 Å². The molecular formula is C37H64O4Ti. The van der Waals surface area contributed by atoms with Crippen molar-refractivity contribution in [1.29, 1.82) is 0 Å². The zero-order valence-electron chi connectivity index (χ0n) is 28.5. The standard InChI is InChI=1S/C13H10O3.C12H26O.4C3H7.Ti/c14-12-9-5-4-8-11(12)13(15)16-10-6-2-1-3-7-10;1-2-3-4-5-6-7-8-9-10-11-12-13;4*1-3-2;/h1-9,14H;13H,2-12H2,1H3;4*3H,1-2H3;/q;;4*-1;+4. The minimum Gasteiger partial charge on any atom is -0.507 e. The van der Waals surface area contributed by atoms with Gasteiger partial charge < -0.3 is 40.6 Å². The third kappa shape index (κ3) is 42.8. The molecule has 5 heteroatoms. The van der Waals surface area contributed by atoms with Gasteiger partial charge >= 0.3 is 27.7 Å². The van der Waals surface area contributed by atoms with E-state index in [0.717, 1.165) is 6.42 Å². The number of benzene rings is 2. The molecule has 0 saturated carbocycles. The zero-order valence-corrected chi connectivity index (χ0v) is 30.1. The van der Waals surface area contributed by atoms with Crippen molar-refractivity contribution in [2.45, 2.75) is 127 Å². The van der Waals surface area contributed by atoms with E-state index in [1.165, 1.54) is 69.9 Å². The number of esters is 1. The maximum Gasteiger partial charge on any atom is 4.00 e. The molecule has 2 aromatic rings. The Hall–Kier alpha value is -1.62. The molecule has 2 aromatic carbocycles. The van der Waals surface area contributed by atoms with Crippen LogP contribution in [-0.2, 0) is 21.7 Å². The summed E-state index contributed by atoms with van der Waals surface area (Å²) in [4.78, 5) is 11.7. The molecule has 2 rings (SSSR count). The number of hydrogen-bond donors (Lipinski definition) is 2. The van der Waals surface area contributed by atoms with Crippen LogP contribution >= 0.6 is 0 Å². The molecule has 0 saturated heterocycles. The van der Waals surface area contributed by atoms with E-state index < -0.39 is 5.97 Å². The van der Waals surface area contributed by atoms with Gasteiger partial charge in [0.05, 0.1) is 0 Å². The Balaban J connectivity index is -0.000000157. The van der Waals surface area contributed by atoms with Crippen molar-refractivity contribution in [2.75, 3.05) is 6.61 Å². The molecule has 42 heavy (non-hydrogen) atoms. The van der Waals surface area contributed by atoms with Gasteiger partial charge in [-0.15, -0.1) is 0 Å². The van der Waals surface area contributed by atoms with Crippen LogP contribution in [0.15, 0.2) is 54.6 Å². The molecule has 0 aromatic heterocycles. The summed E-state index contributed by atoms with van der Waals surface area (Å²) >= 11 is 0. The summed E-state index contributed by atoms with van der Waals surface area (Å²) in [6.45, 7) is 18.6. The van der Waals surface area contributed by atoms with E-state index >= 15 is 0 Å². The van der Waals surface area contributed by atoms with Crippen LogP contribution < -0.4 is 4.74 Å². The summed E-state index contributed by atoms with van der Waals surface area (Å²) in [6, 6.07) is 15.0. The minimum absolute atomic E-state index is 0. The van der Waals surface area contributed by atoms with Crippen LogP contribution in [0.4, 0.5) is 0 Å². The van der Waals surface area contributed by atoms with Crippen LogP contribution in [0.1, 0.15) is 137 Å². The first-order valence-electron chi connectivity index (χ1n) is 15.5. The van der Waals surface area contributed by atoms with E-state index in [1.54, 1.807) is 36.4 Å². The largest absolute Gasteiger partial charge is 4.00 e. The van der Waals surface area contributed by atoms with E-state index in [4.69, 9.17) is 9.84 Å². The smallest absolute Gasteiger partial charge is 0.507 e. The van der Waals surface area contributed by atoms with Crippen molar-refractivity contribution < 1.29 is 41.5 Å². The maximum atomic E-state index is 11.7. The number of carbonyl (C=O) groups is 1. The molecular weight excluding hydrogens is 556 g/mol. The molecule has 0 atom stereocenters. The number of carbonyl (C=O) groups excluding carboxylic acids is 1. The first-order chi connectivity index (χ1) is 19.8. The summed E-state index contributed by atoms with van der Waals surface area (Å²) in [5, 5.41) is 18.0. The zero-order chi connectivity index (χ0) is 32.0. The van der Waals surface area contributed by atoms with Gasteiger partial charge in [-0.05, 0) is 30.7 Å². The Morgan fingerprint density at radius 1 is 0.619 bits per heavy atom. The van der Waals surface area contributed by atoms with Crippen LogP contribution in [0.3, 0.4) is 0 Å². The second kappa shape index (κ2) is 46.3. The van der Waals surface area contributed by atoms with Crippen molar-refractivity contribution in [3.8, 4) is 11.5 Å². The van der Waals surface area contributed by atoms with Gasteiger partial charge in [-0.3, -0.25) is 0 Å². The fourth-order valence-electron chi connectivity index (χ4n) is 2.90. The topological polar surface area (TPSA) is 66.8 Å². The van der Waals surface area contributed by atoms with Crippen LogP contribution in [0.5, 0.6) is 11.5 Å². The summed E-state index contributed by atoms with van der Waals surface area (Å²) in [5.74, 6) is -0.191. The number of phenolic OH excluding ortho intramolecular Hbond substituents is 1. The summed E-state index contributed by atoms with van der Waals surface area (Å²) in [7, 11) is 0. The Labute approximate surface area is 277 Å². The number of rotatable bonds is 12. The second-order valence-electron chi connectivity index (χ2n) is 9.43. The van der Waals surface area contributed by atoms with Gasteiger partial charge in [0.15, 0.2) is 0 Å². The summed E-state index contributed by atoms with van der Waals surface area (Å²) < 4.78 is 5.08. The van der Waals surface area contributed by atoms with Crippen molar-refractivity contribution in [3.05, 3.63) is 85.8 Å². The van der Waals surface area contributed by atoms with Crippen LogP contribution in [-0.4, -0.2) is 22.8 Å². The van der Waals surface area contributed by atoms with Gasteiger partial charge in [-0.25, -0.2) is 4.79 Å². The Morgan fingerprint density at radius 2 is 0.976 bits per heavy atom. The average molecular weight is 621 g/mol. The summed E-state index contributed by atoms with van der Waals surface area (Å²) in [5.41, 5.74) is 0.159. The molecule has 240 valence electrons. The number of ether oxygens (including phenoxy) is 1. The first kappa shape index (κ1) is 50.0. The molecule has 0 fully saturated rings. The van der Waals surface area contributed by atoms with E-state index in [0.29, 0.717) is 12.4 Å². The van der Waals surface area contributed by atoms with Crippen LogP contribution in [0.2, 0.25) is 0 Å². The van der Waals surface area contributed by atoms with Crippen molar-refractivity contribution in [3.63, 3.8) is 0 Å². The van der Waals surface area contributed by atoms with Gasteiger partial charge in [0.25, 0.3) is 0 Å². The molecule has 0 aliphatic carbocycles. The third-order valence-corrected chi connectivity index (χ3v) is 4.59. The molecule has 4 nitrogen and oxygen atoms in total. The van der Waals surface area contributed by atoms with Gasteiger partial charge in [0, 0.05) is 6.61 Å². The van der Waals surface area contributed by atoms with E-state index in [9.17, 15) is 9.90 Å². The van der Waals surface area contributed by atoms with Gasteiger partial charge in [-0.1, -0.05) is 95.0 Å². The molecule has 0 unspecified atom stereocenters. The Morgan fingerprint density at radius 3 is 1.36 bits per heavy atom. The third-order valence-electron chi connectivity index (χ3n) is 4.59. The predicted octanol–water partition coefficient (Wildman–Crippen LogP) is 11.4. The fourth-order valence-corrected chi connectivity index (χ4v) is 2.90. The monoisotopic (exact) mass is 620 g/mol. The van der Waals surface area contributed by atoms with Gasteiger partial charge in [0.2, 0.25) is 0 Å². The maximum absolute atomic E-state index is 11.7. The van der Waals surface area contributed by atoms with E-state index in [1.807, 2.05) is 87.1 Å². The van der Waals surface area contributed by atoms with Crippen molar-refractivity contribution in [1.82, 2.24) is 0 Å². The SMILES string of the molecule is CCCCCCCCCCCCO.C[CH-]C.C[CH-]C.C[CH-]C.C[CH-]C.O=C(Oc1ccccc1)c1ccccc1O.[Ti+4]. The molecule has 0 heterocycles. The number of aromatic hydroxyl groups is 1. The Kier molecular flexibility index (Phi) is 55.2. The molecule has 2 N–H and O–H groups in total. The number of aliphatic hydroxyl groups is 1. The van der Waals surface area contributed by atoms with Crippen LogP contribution in [0.25, 0.3) is 0 Å². The molecule has 0 aliphatic heterocycles. The van der Waals surface area contributed by atoms with E-state index in [2.05, 4.69) is 6.92 Å². The van der Waals surface area contributed by atoms with E-state index in [-0.39, 0.29) is 33.0 Å². The summed E-state index contributed by atoms with van der Waals surface area (Å²) in [6.07, 6.45) is 21.3. The predicted molar refractivity (Wildman–Crippen MR) is 181 cm³/mol. The van der Waals surface area contributed by atoms with Gasteiger partial charge in [-0.2, -0.15) is 55.4 Å². The molecule has 0 spiro atoms. The fraction of sp³-hybridized carbons (Fsp3) is 0.541. The van der Waals surface area contributed by atoms with Crippen molar-refractivity contribution in [2.24, 2.45) is 0 Å². The number of unbranched alkanes of at least 4 members (excludes halogenated alkanes) is 9. The number of aliphatic hydroxyl groups excluding tert-OH is 1. The molecule has 0 amide bonds. The number of phenols is 1. The first-order valence-corrected chi connectivity index (χ1v) is 15.5. The number of hydrogen-bond acceptors (Lipinski definition) is 4.